The smallest absolute Gasteiger partial charge is 0.253 e. The molecule has 1 aliphatic carbocycles. The molecule has 8 nitrogen and oxygen atoms in total. The molecule has 0 radical (unpaired) electrons. The number of carbonyl (C=O) groups is 1. The molecule has 3 aromatic heterocycles. The number of furan rings is 1. The van der Waals surface area contributed by atoms with Gasteiger partial charge in [0.15, 0.2) is 11.6 Å². The molecule has 0 saturated heterocycles. The predicted octanol–water partition coefficient (Wildman–Crippen LogP) is 2.46. The third-order valence-electron chi connectivity index (χ3n) is 4.25. The van der Waals surface area contributed by atoms with Crippen LogP contribution >= 0.6 is 0 Å². The quantitative estimate of drug-likeness (QED) is 0.767. The normalized spacial score (nSPS) is 15.1. The summed E-state index contributed by atoms with van der Waals surface area (Å²) in [6.07, 6.45) is 3.75. The van der Waals surface area contributed by atoms with E-state index in [1.54, 1.807) is 36.1 Å². The van der Waals surface area contributed by atoms with Crippen LogP contribution in [0.3, 0.4) is 0 Å². The predicted molar refractivity (Wildman–Crippen MR) is 88.6 cm³/mol. The Balaban J connectivity index is 1.51. The molecular weight excluding hydrogens is 320 g/mol. The molecule has 4 rings (SSSR count). The maximum Gasteiger partial charge on any atom is 0.253 e. The number of aryl methyl sites for hydroxylation is 1. The SMILES string of the molecule is Cc1nc(-c2ccco2)ccc1C(=O)N[C@@H](C)c1nnnn1C1CC1. The van der Waals surface area contributed by atoms with Gasteiger partial charge in [-0.05, 0) is 61.4 Å². The first kappa shape index (κ1) is 15.5. The van der Waals surface area contributed by atoms with Gasteiger partial charge in [0.25, 0.3) is 5.91 Å². The van der Waals surface area contributed by atoms with Crippen LogP contribution in [0.1, 0.15) is 53.7 Å². The van der Waals surface area contributed by atoms with Gasteiger partial charge >= 0.3 is 0 Å². The molecule has 3 heterocycles. The minimum atomic E-state index is -0.285. The zero-order chi connectivity index (χ0) is 17.4. The highest BCUT2D eigenvalue weighted by atomic mass is 16.3. The summed E-state index contributed by atoms with van der Waals surface area (Å²) < 4.78 is 7.14. The van der Waals surface area contributed by atoms with E-state index in [0.717, 1.165) is 12.8 Å². The van der Waals surface area contributed by atoms with Gasteiger partial charge in [0.05, 0.1) is 29.6 Å². The molecule has 0 aromatic carbocycles. The van der Waals surface area contributed by atoms with Crippen molar-refractivity contribution < 1.29 is 9.21 Å². The summed E-state index contributed by atoms with van der Waals surface area (Å²) >= 11 is 0. The van der Waals surface area contributed by atoms with Crippen molar-refractivity contribution in [3.05, 3.63) is 47.6 Å². The van der Waals surface area contributed by atoms with Crippen molar-refractivity contribution in [2.45, 2.75) is 38.8 Å². The van der Waals surface area contributed by atoms with Crippen LogP contribution < -0.4 is 5.32 Å². The topological polar surface area (TPSA) is 98.7 Å². The van der Waals surface area contributed by atoms with Gasteiger partial charge in [0, 0.05) is 0 Å². The highest BCUT2D eigenvalue weighted by Gasteiger charge is 2.30. The molecule has 3 aromatic rings. The van der Waals surface area contributed by atoms with Crippen molar-refractivity contribution in [1.29, 1.82) is 0 Å². The monoisotopic (exact) mass is 338 g/mol. The molecule has 0 bridgehead atoms. The van der Waals surface area contributed by atoms with Crippen LogP contribution in [0.5, 0.6) is 0 Å². The Morgan fingerprint density at radius 3 is 2.88 bits per heavy atom. The van der Waals surface area contributed by atoms with Crippen LogP contribution in [0, 0.1) is 6.92 Å². The fourth-order valence-corrected chi connectivity index (χ4v) is 2.77. The van der Waals surface area contributed by atoms with Gasteiger partial charge in [-0.15, -0.1) is 5.10 Å². The van der Waals surface area contributed by atoms with Gasteiger partial charge in [0.1, 0.15) is 5.69 Å². The Kier molecular flexibility index (Phi) is 3.79. The molecule has 0 unspecified atom stereocenters. The number of carbonyl (C=O) groups excluding carboxylic acids is 1. The number of hydrogen-bond acceptors (Lipinski definition) is 6. The summed E-state index contributed by atoms with van der Waals surface area (Å²) in [7, 11) is 0. The van der Waals surface area contributed by atoms with Crippen molar-refractivity contribution in [2.24, 2.45) is 0 Å². The molecule has 1 aliphatic rings. The zero-order valence-electron chi connectivity index (χ0n) is 14.0. The third-order valence-corrected chi connectivity index (χ3v) is 4.25. The first-order valence-electron chi connectivity index (χ1n) is 8.23. The minimum absolute atomic E-state index is 0.200. The van der Waals surface area contributed by atoms with Gasteiger partial charge in [-0.1, -0.05) is 0 Å². The summed E-state index contributed by atoms with van der Waals surface area (Å²) in [6.45, 7) is 3.68. The Labute approximate surface area is 144 Å². The highest BCUT2D eigenvalue weighted by molar-refractivity contribution is 5.95. The van der Waals surface area contributed by atoms with Crippen LogP contribution in [-0.4, -0.2) is 31.1 Å². The minimum Gasteiger partial charge on any atom is -0.463 e. The lowest BCUT2D eigenvalue weighted by Gasteiger charge is -2.14. The summed E-state index contributed by atoms with van der Waals surface area (Å²) in [5.74, 6) is 1.15. The Bertz CT molecular complexity index is 898. The number of amides is 1. The van der Waals surface area contributed by atoms with Crippen molar-refractivity contribution in [2.75, 3.05) is 0 Å². The first-order valence-corrected chi connectivity index (χ1v) is 8.23. The first-order chi connectivity index (χ1) is 12.1. The molecule has 1 amide bonds. The second-order valence-electron chi connectivity index (χ2n) is 6.21. The van der Waals surface area contributed by atoms with Crippen LogP contribution in [0.4, 0.5) is 0 Å². The number of tetrazole rings is 1. The molecule has 0 aliphatic heterocycles. The van der Waals surface area contributed by atoms with E-state index in [0.29, 0.717) is 34.6 Å². The number of nitrogens with one attached hydrogen (secondary N) is 1. The number of pyridine rings is 1. The number of hydrogen-bond donors (Lipinski definition) is 1. The van der Waals surface area contributed by atoms with E-state index in [1.807, 2.05) is 13.0 Å². The molecular formula is C17H18N6O2. The van der Waals surface area contributed by atoms with Crippen molar-refractivity contribution >= 4 is 5.91 Å². The van der Waals surface area contributed by atoms with Crippen molar-refractivity contribution in [3.8, 4) is 11.5 Å². The summed E-state index contributed by atoms with van der Waals surface area (Å²) in [6, 6.07) is 7.25. The van der Waals surface area contributed by atoms with Crippen molar-refractivity contribution in [3.63, 3.8) is 0 Å². The van der Waals surface area contributed by atoms with Gasteiger partial charge in [-0.25, -0.2) is 9.67 Å². The molecule has 128 valence electrons. The number of aromatic nitrogens is 5. The molecule has 1 N–H and O–H groups in total. The van der Waals surface area contributed by atoms with E-state index in [4.69, 9.17) is 4.42 Å². The lowest BCUT2D eigenvalue weighted by Crippen LogP contribution is -2.29. The maximum atomic E-state index is 12.6. The summed E-state index contributed by atoms with van der Waals surface area (Å²) in [4.78, 5) is 17.1. The summed E-state index contributed by atoms with van der Waals surface area (Å²) in [5, 5.41) is 14.8. The van der Waals surface area contributed by atoms with Gasteiger partial charge in [-0.3, -0.25) is 4.79 Å². The second-order valence-corrected chi connectivity index (χ2v) is 6.21. The zero-order valence-corrected chi connectivity index (χ0v) is 14.0. The van der Waals surface area contributed by atoms with Gasteiger partial charge < -0.3 is 9.73 Å². The number of nitrogens with zero attached hydrogens (tertiary/aromatic N) is 5. The van der Waals surface area contributed by atoms with E-state index < -0.39 is 0 Å². The maximum absolute atomic E-state index is 12.6. The fourth-order valence-electron chi connectivity index (χ4n) is 2.77. The third kappa shape index (κ3) is 3.02. The number of rotatable bonds is 5. The van der Waals surface area contributed by atoms with Gasteiger partial charge in [0.2, 0.25) is 0 Å². The Morgan fingerprint density at radius 2 is 2.20 bits per heavy atom. The standard InChI is InChI=1S/C17H18N6O2/c1-10-13(7-8-14(18-10)15-4-3-9-25-15)17(24)19-11(2)16-20-21-22-23(16)12-5-6-12/h3-4,7-9,11-12H,5-6H2,1-2H3,(H,19,24)/t11-/m0/s1. The van der Waals surface area contributed by atoms with Crippen LogP contribution in [0.15, 0.2) is 34.9 Å². The van der Waals surface area contributed by atoms with Crippen LogP contribution in [0.2, 0.25) is 0 Å². The largest absolute Gasteiger partial charge is 0.463 e. The molecule has 0 spiro atoms. The van der Waals surface area contributed by atoms with E-state index in [1.165, 1.54) is 0 Å². The van der Waals surface area contributed by atoms with E-state index >= 15 is 0 Å². The molecule has 1 saturated carbocycles. The van der Waals surface area contributed by atoms with Gasteiger partial charge in [-0.2, -0.15) is 0 Å². The second kappa shape index (κ2) is 6.12. The Morgan fingerprint density at radius 1 is 1.36 bits per heavy atom. The van der Waals surface area contributed by atoms with E-state index in [2.05, 4.69) is 25.8 Å². The highest BCUT2D eigenvalue weighted by Crippen LogP contribution is 2.35. The Hall–Kier alpha value is -3.03. The summed E-state index contributed by atoms with van der Waals surface area (Å²) in [5.41, 5.74) is 1.86. The average molecular weight is 338 g/mol. The molecule has 1 fully saturated rings. The fraction of sp³-hybridized carbons (Fsp3) is 0.353. The molecule has 8 heteroatoms. The van der Waals surface area contributed by atoms with Crippen LogP contribution in [0.25, 0.3) is 11.5 Å². The lowest BCUT2D eigenvalue weighted by atomic mass is 10.1. The average Bonchev–Trinajstić information content (AvgIpc) is 3.11. The molecule has 1 atom stereocenters. The van der Waals surface area contributed by atoms with E-state index in [-0.39, 0.29) is 11.9 Å². The lowest BCUT2D eigenvalue weighted by molar-refractivity contribution is 0.0936. The van der Waals surface area contributed by atoms with Crippen LogP contribution in [-0.2, 0) is 0 Å². The molecule has 25 heavy (non-hydrogen) atoms. The van der Waals surface area contributed by atoms with Crippen molar-refractivity contribution in [1.82, 2.24) is 30.5 Å². The van der Waals surface area contributed by atoms with E-state index in [9.17, 15) is 4.79 Å².